The van der Waals surface area contributed by atoms with Gasteiger partial charge in [-0.05, 0) is 25.0 Å². The van der Waals surface area contributed by atoms with Crippen LogP contribution in [-0.2, 0) is 9.59 Å². The van der Waals surface area contributed by atoms with Crippen molar-refractivity contribution in [2.24, 2.45) is 0 Å². The van der Waals surface area contributed by atoms with Crippen molar-refractivity contribution in [2.45, 2.75) is 44.2 Å². The Morgan fingerprint density at radius 1 is 1.08 bits per heavy atom. The Balaban J connectivity index is 1.90. The molecule has 0 spiro atoms. The molecule has 3 N–H and O–H groups in total. The molecule has 0 radical (unpaired) electrons. The Morgan fingerprint density at radius 2 is 1.69 bits per heavy atom. The molecule has 1 aliphatic rings. The van der Waals surface area contributed by atoms with Gasteiger partial charge in [-0.2, -0.15) is 0 Å². The summed E-state index contributed by atoms with van der Waals surface area (Å²) < 4.78 is 0. The zero-order chi connectivity index (χ0) is 19.1. The fourth-order valence-corrected chi connectivity index (χ4v) is 3.43. The standard InChI is InChI=1S/C20H32N4O2/c1-23(2)17-12-10-15(11-13-17)18(24(3)4)14-21-19(25)20(26)22-16-8-6-5-7-9-16/h10-13,16,18H,5-9,14H2,1-4H3,(H,21,25)(H,22,26)/p+1/t18-/m0/s1. The van der Waals surface area contributed by atoms with Crippen molar-refractivity contribution in [2.75, 3.05) is 39.6 Å². The summed E-state index contributed by atoms with van der Waals surface area (Å²) in [5.41, 5.74) is 2.28. The Kier molecular flexibility index (Phi) is 7.45. The average molecular weight is 362 g/mol. The largest absolute Gasteiger partial charge is 0.378 e. The number of hydrogen-bond acceptors (Lipinski definition) is 3. The van der Waals surface area contributed by atoms with Gasteiger partial charge in [0, 0.05) is 31.4 Å². The molecule has 6 heteroatoms. The van der Waals surface area contributed by atoms with E-state index in [1.807, 2.05) is 14.1 Å². The van der Waals surface area contributed by atoms with Gasteiger partial charge in [0.25, 0.3) is 0 Å². The number of benzene rings is 1. The van der Waals surface area contributed by atoms with Crippen LogP contribution in [0, 0.1) is 0 Å². The molecule has 1 atom stereocenters. The lowest BCUT2D eigenvalue weighted by Crippen LogP contribution is -3.07. The zero-order valence-corrected chi connectivity index (χ0v) is 16.5. The van der Waals surface area contributed by atoms with E-state index in [1.54, 1.807) is 0 Å². The number of amides is 2. The summed E-state index contributed by atoms with van der Waals surface area (Å²) in [5, 5.41) is 5.68. The molecule has 0 aliphatic heterocycles. The summed E-state index contributed by atoms with van der Waals surface area (Å²) in [6, 6.07) is 8.56. The lowest BCUT2D eigenvalue weighted by molar-refractivity contribution is -0.890. The van der Waals surface area contributed by atoms with Crippen LogP contribution in [0.15, 0.2) is 24.3 Å². The molecule has 1 aromatic carbocycles. The minimum absolute atomic E-state index is 0.0950. The maximum atomic E-state index is 12.2. The van der Waals surface area contributed by atoms with Gasteiger partial charge in [0.15, 0.2) is 0 Å². The molecule has 2 amide bonds. The lowest BCUT2D eigenvalue weighted by atomic mass is 9.95. The predicted octanol–water partition coefficient (Wildman–Crippen LogP) is 0.503. The van der Waals surface area contributed by atoms with Crippen LogP contribution in [0.2, 0.25) is 0 Å². The van der Waals surface area contributed by atoms with Crippen LogP contribution < -0.4 is 20.4 Å². The van der Waals surface area contributed by atoms with E-state index in [-0.39, 0.29) is 12.1 Å². The molecular formula is C20H33N4O2+. The van der Waals surface area contributed by atoms with Crippen LogP contribution >= 0.6 is 0 Å². The van der Waals surface area contributed by atoms with E-state index in [0.29, 0.717) is 6.54 Å². The van der Waals surface area contributed by atoms with Gasteiger partial charge in [-0.15, -0.1) is 0 Å². The first-order valence-electron chi connectivity index (χ1n) is 9.54. The van der Waals surface area contributed by atoms with E-state index in [0.717, 1.165) is 36.9 Å². The number of nitrogens with zero attached hydrogens (tertiary/aromatic N) is 1. The molecule has 0 unspecified atom stereocenters. The summed E-state index contributed by atoms with van der Waals surface area (Å²) in [6.45, 7) is 0.431. The minimum atomic E-state index is -0.535. The highest BCUT2D eigenvalue weighted by atomic mass is 16.2. The second kappa shape index (κ2) is 9.57. The van der Waals surface area contributed by atoms with Crippen LogP contribution in [0.1, 0.15) is 43.7 Å². The van der Waals surface area contributed by atoms with E-state index in [9.17, 15) is 9.59 Å². The summed E-state index contributed by atoms with van der Waals surface area (Å²) in [6.07, 6.45) is 5.42. The van der Waals surface area contributed by atoms with Crippen LogP contribution in [0.3, 0.4) is 0 Å². The van der Waals surface area contributed by atoms with Gasteiger partial charge in [-0.1, -0.05) is 31.4 Å². The highest BCUT2D eigenvalue weighted by molar-refractivity contribution is 6.35. The number of rotatable bonds is 6. The first-order valence-corrected chi connectivity index (χ1v) is 9.54. The molecule has 2 rings (SSSR count). The van der Waals surface area contributed by atoms with E-state index >= 15 is 0 Å². The second-order valence-electron chi connectivity index (χ2n) is 7.63. The van der Waals surface area contributed by atoms with E-state index in [2.05, 4.69) is 53.9 Å². The smallest absolute Gasteiger partial charge is 0.309 e. The molecule has 144 valence electrons. The molecule has 26 heavy (non-hydrogen) atoms. The van der Waals surface area contributed by atoms with Crippen molar-refractivity contribution >= 4 is 17.5 Å². The summed E-state index contributed by atoms with van der Waals surface area (Å²) in [5.74, 6) is -1.04. The number of carbonyl (C=O) groups excluding carboxylic acids is 2. The van der Waals surface area contributed by atoms with Crippen LogP contribution in [-0.4, -0.2) is 52.6 Å². The van der Waals surface area contributed by atoms with Crippen molar-refractivity contribution in [3.05, 3.63) is 29.8 Å². The Hall–Kier alpha value is -2.08. The zero-order valence-electron chi connectivity index (χ0n) is 16.5. The number of hydrogen-bond donors (Lipinski definition) is 3. The lowest BCUT2D eigenvalue weighted by Gasteiger charge is -2.24. The Morgan fingerprint density at radius 3 is 2.23 bits per heavy atom. The number of carbonyl (C=O) groups is 2. The normalized spacial score (nSPS) is 16.2. The molecule has 1 saturated carbocycles. The second-order valence-corrected chi connectivity index (χ2v) is 7.63. The van der Waals surface area contributed by atoms with Crippen molar-refractivity contribution in [3.63, 3.8) is 0 Å². The Bertz CT molecular complexity index is 592. The van der Waals surface area contributed by atoms with Gasteiger partial charge >= 0.3 is 11.8 Å². The van der Waals surface area contributed by atoms with Crippen LogP contribution in [0.5, 0.6) is 0 Å². The highest BCUT2D eigenvalue weighted by Crippen LogP contribution is 2.17. The molecular weight excluding hydrogens is 328 g/mol. The SMILES string of the molecule is CN(C)c1ccc([C@H](CNC(=O)C(=O)NC2CCCCC2)[NH+](C)C)cc1. The van der Waals surface area contributed by atoms with Gasteiger partial charge in [-0.25, -0.2) is 0 Å². The quantitative estimate of drug-likeness (QED) is 0.647. The third kappa shape index (κ3) is 5.73. The summed E-state index contributed by atoms with van der Waals surface area (Å²) in [7, 11) is 8.13. The fourth-order valence-electron chi connectivity index (χ4n) is 3.43. The molecule has 0 aromatic heterocycles. The third-order valence-corrected chi connectivity index (χ3v) is 5.12. The van der Waals surface area contributed by atoms with Crippen molar-refractivity contribution in [3.8, 4) is 0 Å². The van der Waals surface area contributed by atoms with Crippen molar-refractivity contribution in [1.82, 2.24) is 10.6 Å². The van der Waals surface area contributed by atoms with E-state index in [4.69, 9.17) is 0 Å². The molecule has 1 aliphatic carbocycles. The topological polar surface area (TPSA) is 65.9 Å². The maximum Gasteiger partial charge on any atom is 0.309 e. The molecule has 0 saturated heterocycles. The third-order valence-electron chi connectivity index (χ3n) is 5.12. The Labute approximate surface area is 156 Å². The van der Waals surface area contributed by atoms with Gasteiger partial charge < -0.3 is 20.4 Å². The number of quaternary nitrogens is 1. The molecule has 0 heterocycles. The first kappa shape index (κ1) is 20.2. The van der Waals surface area contributed by atoms with Gasteiger partial charge in [0.05, 0.1) is 20.6 Å². The van der Waals surface area contributed by atoms with Crippen LogP contribution in [0.4, 0.5) is 5.69 Å². The van der Waals surface area contributed by atoms with E-state index < -0.39 is 11.8 Å². The maximum absolute atomic E-state index is 12.2. The van der Waals surface area contributed by atoms with Gasteiger partial charge in [-0.3, -0.25) is 9.59 Å². The number of anilines is 1. The minimum Gasteiger partial charge on any atom is -0.378 e. The fraction of sp³-hybridized carbons (Fsp3) is 0.600. The van der Waals surface area contributed by atoms with Crippen molar-refractivity contribution < 1.29 is 14.5 Å². The summed E-state index contributed by atoms with van der Waals surface area (Å²) >= 11 is 0. The molecule has 0 bridgehead atoms. The monoisotopic (exact) mass is 361 g/mol. The first-order chi connectivity index (χ1) is 12.4. The molecule has 1 fully saturated rings. The number of nitrogens with one attached hydrogen (secondary N) is 3. The van der Waals surface area contributed by atoms with Crippen LogP contribution in [0.25, 0.3) is 0 Å². The molecule has 1 aromatic rings. The van der Waals surface area contributed by atoms with Gasteiger partial charge in [0.1, 0.15) is 6.04 Å². The highest BCUT2D eigenvalue weighted by Gasteiger charge is 2.23. The van der Waals surface area contributed by atoms with Crippen molar-refractivity contribution in [1.29, 1.82) is 0 Å². The summed E-state index contributed by atoms with van der Waals surface area (Å²) in [4.78, 5) is 27.6. The van der Waals surface area contributed by atoms with Gasteiger partial charge in [0.2, 0.25) is 0 Å². The predicted molar refractivity (Wildman–Crippen MR) is 104 cm³/mol. The van der Waals surface area contributed by atoms with E-state index in [1.165, 1.54) is 11.3 Å². The molecule has 6 nitrogen and oxygen atoms in total. The average Bonchev–Trinajstić information content (AvgIpc) is 2.62. The number of likely N-dealkylation sites (N-methyl/N-ethyl adjacent to an activating group) is 1.